The van der Waals surface area contributed by atoms with Crippen LogP contribution in [0.1, 0.15) is 39.0 Å². The van der Waals surface area contributed by atoms with Crippen LogP contribution in [0, 0.1) is 0 Å². The van der Waals surface area contributed by atoms with Crippen LogP contribution in [-0.2, 0) is 4.79 Å². The van der Waals surface area contributed by atoms with E-state index in [-0.39, 0.29) is 5.91 Å². The molecule has 0 spiro atoms. The summed E-state index contributed by atoms with van der Waals surface area (Å²) in [6, 6.07) is 0.375. The summed E-state index contributed by atoms with van der Waals surface area (Å²) in [6.07, 6.45) is 9.17. The first-order chi connectivity index (χ1) is 7.72. The SMILES string of the molecule is CCCC/C=C/C(=O)NC1CCN(C)CC1. The van der Waals surface area contributed by atoms with Crippen molar-refractivity contribution < 1.29 is 4.79 Å². The first kappa shape index (κ1) is 13.2. The number of amides is 1. The minimum absolute atomic E-state index is 0.0747. The molecule has 16 heavy (non-hydrogen) atoms. The molecule has 92 valence electrons. The van der Waals surface area contributed by atoms with Crippen molar-refractivity contribution in [3.63, 3.8) is 0 Å². The first-order valence-electron chi connectivity index (χ1n) is 6.38. The number of rotatable bonds is 5. The average molecular weight is 224 g/mol. The van der Waals surface area contributed by atoms with Crippen LogP contribution in [0.25, 0.3) is 0 Å². The number of piperidine rings is 1. The second-order valence-corrected chi connectivity index (χ2v) is 4.63. The molecule has 0 aromatic heterocycles. The summed E-state index contributed by atoms with van der Waals surface area (Å²) in [5, 5.41) is 3.06. The smallest absolute Gasteiger partial charge is 0.243 e. The number of nitrogens with zero attached hydrogens (tertiary/aromatic N) is 1. The van der Waals surface area contributed by atoms with Crippen LogP contribution >= 0.6 is 0 Å². The van der Waals surface area contributed by atoms with Crippen molar-refractivity contribution in [3.8, 4) is 0 Å². The summed E-state index contributed by atoms with van der Waals surface area (Å²) in [7, 11) is 2.13. The fourth-order valence-electron chi connectivity index (χ4n) is 1.91. The Kier molecular flexibility index (Phi) is 6.16. The standard InChI is InChI=1S/C13H24N2O/c1-3-4-5-6-7-13(16)14-12-8-10-15(2)11-9-12/h6-7,12H,3-5,8-11H2,1-2H3,(H,14,16)/b7-6+. The number of carbonyl (C=O) groups is 1. The van der Waals surface area contributed by atoms with Gasteiger partial charge in [0.1, 0.15) is 0 Å². The van der Waals surface area contributed by atoms with Gasteiger partial charge in [0, 0.05) is 6.04 Å². The molecular formula is C13H24N2O. The lowest BCUT2D eigenvalue weighted by Gasteiger charge is -2.29. The van der Waals surface area contributed by atoms with E-state index in [0.29, 0.717) is 6.04 Å². The van der Waals surface area contributed by atoms with Crippen LogP contribution in [0.4, 0.5) is 0 Å². The van der Waals surface area contributed by atoms with Gasteiger partial charge in [0.15, 0.2) is 0 Å². The Morgan fingerprint density at radius 3 is 2.75 bits per heavy atom. The lowest BCUT2D eigenvalue weighted by Crippen LogP contribution is -2.42. The predicted octanol–water partition coefficient (Wildman–Crippen LogP) is 1.94. The summed E-state index contributed by atoms with van der Waals surface area (Å²) in [5.74, 6) is 0.0747. The van der Waals surface area contributed by atoms with Crippen LogP contribution < -0.4 is 5.32 Å². The molecule has 0 unspecified atom stereocenters. The fraction of sp³-hybridized carbons (Fsp3) is 0.769. The van der Waals surface area contributed by atoms with Gasteiger partial charge in [0.2, 0.25) is 5.91 Å². The number of hydrogen-bond acceptors (Lipinski definition) is 2. The Bertz CT molecular complexity index is 230. The molecular weight excluding hydrogens is 200 g/mol. The highest BCUT2D eigenvalue weighted by Crippen LogP contribution is 2.07. The maximum Gasteiger partial charge on any atom is 0.243 e. The van der Waals surface area contributed by atoms with Crippen molar-refractivity contribution >= 4 is 5.91 Å². The monoisotopic (exact) mass is 224 g/mol. The van der Waals surface area contributed by atoms with Gasteiger partial charge in [-0.2, -0.15) is 0 Å². The van der Waals surface area contributed by atoms with Gasteiger partial charge in [-0.25, -0.2) is 0 Å². The summed E-state index contributed by atoms with van der Waals surface area (Å²) in [4.78, 5) is 13.8. The molecule has 0 radical (unpaired) electrons. The van der Waals surface area contributed by atoms with E-state index in [1.807, 2.05) is 6.08 Å². The van der Waals surface area contributed by atoms with E-state index in [2.05, 4.69) is 24.2 Å². The Balaban J connectivity index is 2.16. The maximum atomic E-state index is 11.5. The van der Waals surface area contributed by atoms with Crippen LogP contribution in [0.2, 0.25) is 0 Å². The molecule has 0 aliphatic carbocycles. The van der Waals surface area contributed by atoms with Gasteiger partial charge in [0.25, 0.3) is 0 Å². The van der Waals surface area contributed by atoms with Gasteiger partial charge < -0.3 is 10.2 Å². The van der Waals surface area contributed by atoms with Gasteiger partial charge in [0.05, 0.1) is 0 Å². The number of nitrogens with one attached hydrogen (secondary N) is 1. The zero-order chi connectivity index (χ0) is 11.8. The molecule has 3 heteroatoms. The third-order valence-corrected chi connectivity index (χ3v) is 3.06. The number of carbonyl (C=O) groups excluding carboxylic acids is 1. The van der Waals surface area contributed by atoms with Gasteiger partial charge in [-0.15, -0.1) is 0 Å². The zero-order valence-electron chi connectivity index (χ0n) is 10.5. The summed E-state index contributed by atoms with van der Waals surface area (Å²) < 4.78 is 0. The van der Waals surface area contributed by atoms with Crippen LogP contribution in [-0.4, -0.2) is 37.0 Å². The first-order valence-corrected chi connectivity index (χ1v) is 6.38. The molecule has 1 fully saturated rings. The molecule has 1 aliphatic rings. The third kappa shape index (κ3) is 5.31. The zero-order valence-corrected chi connectivity index (χ0v) is 10.5. The van der Waals surface area contributed by atoms with Crippen molar-refractivity contribution in [3.05, 3.63) is 12.2 Å². The van der Waals surface area contributed by atoms with Crippen LogP contribution in [0.3, 0.4) is 0 Å². The minimum atomic E-state index is 0.0747. The molecule has 0 aromatic rings. The molecule has 1 aliphatic heterocycles. The topological polar surface area (TPSA) is 32.3 Å². The summed E-state index contributed by atoms with van der Waals surface area (Å²) in [5.41, 5.74) is 0. The van der Waals surface area contributed by atoms with Crippen LogP contribution in [0.5, 0.6) is 0 Å². The molecule has 0 aromatic carbocycles. The van der Waals surface area contributed by atoms with Gasteiger partial charge in [-0.3, -0.25) is 4.79 Å². The second kappa shape index (κ2) is 7.44. The van der Waals surface area contributed by atoms with E-state index in [1.165, 1.54) is 6.42 Å². The van der Waals surface area contributed by atoms with Crippen LogP contribution in [0.15, 0.2) is 12.2 Å². The molecule has 1 rings (SSSR count). The number of unbranched alkanes of at least 4 members (excludes halogenated alkanes) is 2. The van der Waals surface area contributed by atoms with Crippen molar-refractivity contribution in [2.75, 3.05) is 20.1 Å². The molecule has 1 amide bonds. The van der Waals surface area contributed by atoms with Crippen molar-refractivity contribution in [2.45, 2.75) is 45.1 Å². The van der Waals surface area contributed by atoms with E-state index < -0.39 is 0 Å². The fourth-order valence-corrected chi connectivity index (χ4v) is 1.91. The van der Waals surface area contributed by atoms with E-state index >= 15 is 0 Å². The lowest BCUT2D eigenvalue weighted by atomic mass is 10.1. The Morgan fingerprint density at radius 1 is 1.44 bits per heavy atom. The van der Waals surface area contributed by atoms with Gasteiger partial charge in [-0.1, -0.05) is 25.8 Å². The maximum absolute atomic E-state index is 11.5. The Labute approximate surface area is 98.9 Å². The van der Waals surface area contributed by atoms with Gasteiger partial charge in [-0.05, 0) is 45.5 Å². The molecule has 1 heterocycles. The molecule has 1 saturated heterocycles. The number of hydrogen-bond donors (Lipinski definition) is 1. The highest BCUT2D eigenvalue weighted by atomic mass is 16.1. The van der Waals surface area contributed by atoms with Gasteiger partial charge >= 0.3 is 0 Å². The number of allylic oxidation sites excluding steroid dienone is 1. The van der Waals surface area contributed by atoms with E-state index in [4.69, 9.17) is 0 Å². The van der Waals surface area contributed by atoms with Crippen molar-refractivity contribution in [1.82, 2.24) is 10.2 Å². The molecule has 0 atom stereocenters. The lowest BCUT2D eigenvalue weighted by molar-refractivity contribution is -0.117. The van der Waals surface area contributed by atoms with Crippen molar-refractivity contribution in [1.29, 1.82) is 0 Å². The highest BCUT2D eigenvalue weighted by molar-refractivity contribution is 5.87. The Hall–Kier alpha value is -0.830. The summed E-state index contributed by atoms with van der Waals surface area (Å²) >= 11 is 0. The molecule has 0 saturated carbocycles. The predicted molar refractivity (Wildman–Crippen MR) is 67.3 cm³/mol. The van der Waals surface area contributed by atoms with E-state index in [1.54, 1.807) is 6.08 Å². The quantitative estimate of drug-likeness (QED) is 0.572. The molecule has 3 nitrogen and oxygen atoms in total. The molecule has 1 N–H and O–H groups in total. The molecule has 0 bridgehead atoms. The number of likely N-dealkylation sites (tertiary alicyclic amines) is 1. The summed E-state index contributed by atoms with van der Waals surface area (Å²) in [6.45, 7) is 4.33. The normalized spacial score (nSPS) is 19.1. The average Bonchev–Trinajstić information content (AvgIpc) is 2.28. The van der Waals surface area contributed by atoms with E-state index in [0.717, 1.165) is 38.8 Å². The highest BCUT2D eigenvalue weighted by Gasteiger charge is 2.16. The van der Waals surface area contributed by atoms with Crippen molar-refractivity contribution in [2.24, 2.45) is 0 Å². The Morgan fingerprint density at radius 2 is 2.12 bits per heavy atom. The minimum Gasteiger partial charge on any atom is -0.350 e. The van der Waals surface area contributed by atoms with E-state index in [9.17, 15) is 4.79 Å². The largest absolute Gasteiger partial charge is 0.350 e. The third-order valence-electron chi connectivity index (χ3n) is 3.06. The second-order valence-electron chi connectivity index (χ2n) is 4.63.